The average molecular weight is 451 g/mol. The van der Waals surface area contributed by atoms with Gasteiger partial charge in [-0.3, -0.25) is 9.69 Å². The Balaban J connectivity index is 1.35. The molecule has 174 valence electrons. The van der Waals surface area contributed by atoms with Gasteiger partial charge in [0.25, 0.3) is 0 Å². The van der Waals surface area contributed by atoms with Crippen LogP contribution in [0.4, 0.5) is 11.4 Å². The molecule has 2 aromatic heterocycles. The smallest absolute Gasteiger partial charge is 0.238 e. The highest BCUT2D eigenvalue weighted by Gasteiger charge is 2.24. The summed E-state index contributed by atoms with van der Waals surface area (Å²) >= 11 is 0. The maximum Gasteiger partial charge on any atom is 0.238 e. The minimum absolute atomic E-state index is 0.0500. The molecule has 0 atom stereocenters. The summed E-state index contributed by atoms with van der Waals surface area (Å²) in [6, 6.07) is 11.2. The van der Waals surface area contributed by atoms with Gasteiger partial charge in [-0.1, -0.05) is 6.07 Å². The molecule has 1 saturated heterocycles. The Morgan fingerprint density at radius 3 is 2.45 bits per heavy atom. The number of benzene rings is 1. The number of nitrogens with zero attached hydrogens (tertiary/aromatic N) is 5. The number of amides is 1. The fourth-order valence-electron chi connectivity index (χ4n) is 4.24. The first kappa shape index (κ1) is 22.6. The van der Waals surface area contributed by atoms with E-state index in [9.17, 15) is 4.79 Å². The molecule has 0 spiro atoms. The molecule has 1 aliphatic rings. The molecule has 1 N–H and O–H groups in total. The predicted octanol–water partition coefficient (Wildman–Crippen LogP) is 2.66. The van der Waals surface area contributed by atoms with Gasteiger partial charge in [0.2, 0.25) is 5.91 Å². The van der Waals surface area contributed by atoms with Gasteiger partial charge in [-0.05, 0) is 38.1 Å². The van der Waals surface area contributed by atoms with Gasteiger partial charge < -0.3 is 19.7 Å². The monoisotopic (exact) mass is 450 g/mol. The number of rotatable bonds is 7. The molecule has 0 radical (unpaired) electrons. The highest BCUT2D eigenvalue weighted by atomic mass is 16.5. The van der Waals surface area contributed by atoms with Crippen LogP contribution in [0.1, 0.15) is 11.4 Å². The molecule has 1 aromatic carbocycles. The van der Waals surface area contributed by atoms with E-state index in [1.165, 1.54) is 0 Å². The third-order valence-electron chi connectivity index (χ3n) is 5.84. The van der Waals surface area contributed by atoms with Gasteiger partial charge in [0.05, 0.1) is 37.8 Å². The van der Waals surface area contributed by atoms with Gasteiger partial charge in [-0.2, -0.15) is 5.10 Å². The molecule has 1 aliphatic heterocycles. The number of anilines is 2. The van der Waals surface area contributed by atoms with Gasteiger partial charge >= 0.3 is 0 Å². The number of aryl methyl sites for hydroxylation is 1. The lowest BCUT2D eigenvalue weighted by atomic mass is 10.2. The van der Waals surface area contributed by atoms with Gasteiger partial charge in [0, 0.05) is 44.1 Å². The first-order valence-corrected chi connectivity index (χ1v) is 11.0. The second-order valence-corrected chi connectivity index (χ2v) is 8.00. The van der Waals surface area contributed by atoms with Crippen LogP contribution in [0.2, 0.25) is 0 Å². The SMILES string of the molecule is COc1ccc(NC(=O)CN2CCN(c3c(C)nn(-c4ccccn4)c3C)CC2)cc1OC. The van der Waals surface area contributed by atoms with Crippen molar-refractivity contribution in [2.75, 3.05) is 57.2 Å². The third kappa shape index (κ3) is 4.93. The highest BCUT2D eigenvalue weighted by molar-refractivity contribution is 5.92. The van der Waals surface area contributed by atoms with E-state index >= 15 is 0 Å². The largest absolute Gasteiger partial charge is 0.493 e. The molecule has 0 aliphatic carbocycles. The van der Waals surface area contributed by atoms with Crippen LogP contribution in [0.15, 0.2) is 42.6 Å². The van der Waals surface area contributed by atoms with Crippen LogP contribution >= 0.6 is 0 Å². The summed E-state index contributed by atoms with van der Waals surface area (Å²) in [5, 5.41) is 7.66. The Labute approximate surface area is 193 Å². The van der Waals surface area contributed by atoms with Crippen LogP contribution in [0.5, 0.6) is 11.5 Å². The second-order valence-electron chi connectivity index (χ2n) is 8.00. The van der Waals surface area contributed by atoms with Gasteiger partial charge in [-0.15, -0.1) is 0 Å². The normalized spacial score (nSPS) is 14.2. The summed E-state index contributed by atoms with van der Waals surface area (Å²) in [6.45, 7) is 7.71. The fraction of sp³-hybridized carbons (Fsp3) is 0.375. The van der Waals surface area contributed by atoms with Crippen molar-refractivity contribution in [3.63, 3.8) is 0 Å². The zero-order valence-electron chi connectivity index (χ0n) is 19.5. The molecule has 0 bridgehead atoms. The fourth-order valence-corrected chi connectivity index (χ4v) is 4.24. The molecule has 9 nitrogen and oxygen atoms in total. The quantitative estimate of drug-likeness (QED) is 0.592. The minimum Gasteiger partial charge on any atom is -0.493 e. The number of hydrogen-bond donors (Lipinski definition) is 1. The molecular formula is C24H30N6O3. The molecule has 1 fully saturated rings. The number of pyridine rings is 1. The summed E-state index contributed by atoms with van der Waals surface area (Å²) in [6.07, 6.45) is 1.78. The van der Waals surface area contributed by atoms with E-state index in [1.807, 2.05) is 35.9 Å². The van der Waals surface area contributed by atoms with E-state index in [0.717, 1.165) is 49.1 Å². The summed E-state index contributed by atoms with van der Waals surface area (Å²) in [5.74, 6) is 1.98. The maximum atomic E-state index is 12.6. The van der Waals surface area contributed by atoms with Crippen molar-refractivity contribution in [1.82, 2.24) is 19.7 Å². The number of aromatic nitrogens is 3. The van der Waals surface area contributed by atoms with Crippen molar-refractivity contribution in [1.29, 1.82) is 0 Å². The number of piperazine rings is 1. The number of hydrogen-bond acceptors (Lipinski definition) is 7. The minimum atomic E-state index is -0.0500. The van der Waals surface area contributed by atoms with E-state index in [-0.39, 0.29) is 5.91 Å². The first-order chi connectivity index (χ1) is 16.0. The number of carbonyl (C=O) groups is 1. The molecule has 1 amide bonds. The highest BCUT2D eigenvalue weighted by Crippen LogP contribution is 2.30. The summed E-state index contributed by atoms with van der Waals surface area (Å²) in [4.78, 5) is 21.5. The zero-order valence-corrected chi connectivity index (χ0v) is 19.5. The number of nitrogens with one attached hydrogen (secondary N) is 1. The Hall–Kier alpha value is -3.59. The van der Waals surface area contributed by atoms with Crippen LogP contribution in [0, 0.1) is 13.8 Å². The van der Waals surface area contributed by atoms with Crippen molar-refractivity contribution >= 4 is 17.3 Å². The van der Waals surface area contributed by atoms with E-state index in [0.29, 0.717) is 23.7 Å². The Morgan fingerprint density at radius 1 is 1.03 bits per heavy atom. The summed E-state index contributed by atoms with van der Waals surface area (Å²) in [5.41, 5.74) is 3.89. The van der Waals surface area contributed by atoms with E-state index in [4.69, 9.17) is 14.6 Å². The van der Waals surface area contributed by atoms with Crippen molar-refractivity contribution in [2.24, 2.45) is 0 Å². The topological polar surface area (TPSA) is 84.8 Å². The lowest BCUT2D eigenvalue weighted by Crippen LogP contribution is -2.49. The number of carbonyl (C=O) groups excluding carboxylic acids is 1. The maximum absolute atomic E-state index is 12.6. The summed E-state index contributed by atoms with van der Waals surface area (Å²) < 4.78 is 12.5. The average Bonchev–Trinajstić information content (AvgIpc) is 3.13. The van der Waals surface area contributed by atoms with Crippen LogP contribution < -0.4 is 19.7 Å². The van der Waals surface area contributed by atoms with E-state index in [2.05, 4.69) is 27.0 Å². The van der Waals surface area contributed by atoms with E-state index in [1.54, 1.807) is 32.5 Å². The van der Waals surface area contributed by atoms with Crippen LogP contribution in [0.25, 0.3) is 5.82 Å². The summed E-state index contributed by atoms with van der Waals surface area (Å²) in [7, 11) is 3.16. The Morgan fingerprint density at radius 2 is 1.79 bits per heavy atom. The molecule has 9 heteroatoms. The Kier molecular flexibility index (Phi) is 6.79. The van der Waals surface area contributed by atoms with Crippen molar-refractivity contribution in [3.8, 4) is 17.3 Å². The van der Waals surface area contributed by atoms with Crippen LogP contribution in [-0.2, 0) is 4.79 Å². The first-order valence-electron chi connectivity index (χ1n) is 11.0. The number of ether oxygens (including phenoxy) is 2. The molecule has 0 saturated carbocycles. The third-order valence-corrected chi connectivity index (χ3v) is 5.84. The van der Waals surface area contributed by atoms with Crippen molar-refractivity contribution in [3.05, 3.63) is 54.0 Å². The zero-order chi connectivity index (χ0) is 23.4. The molecule has 3 heterocycles. The lowest BCUT2D eigenvalue weighted by Gasteiger charge is -2.35. The molecule has 0 unspecified atom stereocenters. The van der Waals surface area contributed by atoms with Crippen molar-refractivity contribution < 1.29 is 14.3 Å². The molecule has 4 rings (SSSR count). The molecular weight excluding hydrogens is 420 g/mol. The van der Waals surface area contributed by atoms with Gasteiger partial charge in [0.15, 0.2) is 17.3 Å². The predicted molar refractivity (Wildman–Crippen MR) is 128 cm³/mol. The standard InChI is InChI=1S/C24H30N6O3/c1-17-24(18(2)30(27-17)22-7-5-6-10-25-22)29-13-11-28(12-14-29)16-23(31)26-19-8-9-20(32-3)21(15-19)33-4/h5-10,15H,11-14,16H2,1-4H3,(H,26,31). The van der Waals surface area contributed by atoms with Crippen molar-refractivity contribution in [2.45, 2.75) is 13.8 Å². The van der Waals surface area contributed by atoms with Crippen LogP contribution in [0.3, 0.4) is 0 Å². The van der Waals surface area contributed by atoms with E-state index < -0.39 is 0 Å². The second kappa shape index (κ2) is 9.91. The Bertz CT molecular complexity index is 1110. The van der Waals surface area contributed by atoms with Crippen LogP contribution in [-0.4, -0.2) is 72.5 Å². The molecule has 3 aromatic rings. The van der Waals surface area contributed by atoms with Gasteiger partial charge in [0.1, 0.15) is 0 Å². The van der Waals surface area contributed by atoms with Gasteiger partial charge in [-0.25, -0.2) is 9.67 Å². The molecule has 33 heavy (non-hydrogen) atoms. The lowest BCUT2D eigenvalue weighted by molar-refractivity contribution is -0.117. The number of methoxy groups -OCH3 is 2.